The van der Waals surface area contributed by atoms with Gasteiger partial charge in [-0.15, -0.1) is 0 Å². The molecule has 0 unspecified atom stereocenters. The first-order chi connectivity index (χ1) is 12.2. The maximum absolute atomic E-state index is 13.9. The van der Waals surface area contributed by atoms with Gasteiger partial charge in [-0.05, 0) is 31.2 Å². The minimum absolute atomic E-state index is 0.188. The van der Waals surface area contributed by atoms with E-state index < -0.39 is 6.09 Å². The molecule has 1 aliphatic rings. The van der Waals surface area contributed by atoms with Crippen LogP contribution in [0.15, 0.2) is 42.6 Å². The zero-order chi connectivity index (χ0) is 17.6. The number of benzene rings is 1. The third kappa shape index (κ3) is 4.17. The topological polar surface area (TPSA) is 57.7 Å². The Morgan fingerprint density at radius 2 is 1.88 bits per heavy atom. The van der Waals surface area contributed by atoms with Gasteiger partial charge in [0.15, 0.2) is 0 Å². The predicted molar refractivity (Wildman–Crippen MR) is 95.7 cm³/mol. The predicted octanol–water partition coefficient (Wildman–Crippen LogP) is 3.12. The zero-order valence-electron chi connectivity index (χ0n) is 14.1. The number of carbonyl (C=O) groups excluding carboxylic acids is 1. The van der Waals surface area contributed by atoms with Gasteiger partial charge in [0.1, 0.15) is 11.6 Å². The van der Waals surface area contributed by atoms with Gasteiger partial charge in [0, 0.05) is 26.2 Å². The van der Waals surface area contributed by atoms with E-state index in [0.29, 0.717) is 18.1 Å². The Kier molecular flexibility index (Phi) is 5.33. The van der Waals surface area contributed by atoms with E-state index in [1.54, 1.807) is 25.3 Å². The van der Waals surface area contributed by atoms with E-state index in [-0.39, 0.29) is 5.82 Å². The lowest BCUT2D eigenvalue weighted by molar-refractivity contribution is 0.168. The molecule has 2 heterocycles. The third-order valence-electron chi connectivity index (χ3n) is 4.09. The molecule has 0 radical (unpaired) electrons. The van der Waals surface area contributed by atoms with Crippen LogP contribution in [0.3, 0.4) is 0 Å². The molecule has 0 spiro atoms. The normalized spacial score (nSPS) is 14.3. The van der Waals surface area contributed by atoms with Crippen LogP contribution in [0.25, 0.3) is 0 Å². The third-order valence-corrected chi connectivity index (χ3v) is 4.09. The molecular weight excluding hydrogens is 323 g/mol. The van der Waals surface area contributed by atoms with E-state index in [4.69, 9.17) is 4.74 Å². The number of anilines is 3. The number of para-hydroxylation sites is 1. The number of carbonyl (C=O) groups is 1. The van der Waals surface area contributed by atoms with E-state index in [1.165, 1.54) is 6.07 Å². The highest BCUT2D eigenvalue weighted by molar-refractivity contribution is 5.83. The Labute approximate surface area is 146 Å². The van der Waals surface area contributed by atoms with Crippen molar-refractivity contribution in [3.05, 3.63) is 48.4 Å². The molecule has 1 aromatic heterocycles. The number of pyridine rings is 1. The number of nitrogens with one attached hydrogen (secondary N) is 1. The van der Waals surface area contributed by atoms with Crippen LogP contribution >= 0.6 is 0 Å². The molecule has 2 aromatic rings. The molecule has 1 saturated heterocycles. The van der Waals surface area contributed by atoms with Crippen molar-refractivity contribution < 1.29 is 13.9 Å². The SMILES string of the molecule is CCOC(=O)Nc1ccc(N2CCN(c3ccccc3F)CC2)cn1. The molecule has 1 N–H and O–H groups in total. The summed E-state index contributed by atoms with van der Waals surface area (Å²) in [5, 5.41) is 2.57. The van der Waals surface area contributed by atoms with Gasteiger partial charge in [-0.2, -0.15) is 0 Å². The minimum Gasteiger partial charge on any atom is -0.450 e. The average Bonchev–Trinajstić information content (AvgIpc) is 2.63. The molecule has 3 rings (SSSR count). The fourth-order valence-electron chi connectivity index (χ4n) is 2.83. The lowest BCUT2D eigenvalue weighted by Gasteiger charge is -2.37. The quantitative estimate of drug-likeness (QED) is 0.923. The molecule has 25 heavy (non-hydrogen) atoms. The van der Waals surface area contributed by atoms with Crippen LogP contribution in [0.2, 0.25) is 0 Å². The van der Waals surface area contributed by atoms with E-state index >= 15 is 0 Å². The number of aromatic nitrogens is 1. The van der Waals surface area contributed by atoms with Gasteiger partial charge in [-0.25, -0.2) is 14.2 Å². The first-order valence-electron chi connectivity index (χ1n) is 8.31. The Hall–Kier alpha value is -2.83. The number of piperazine rings is 1. The summed E-state index contributed by atoms with van der Waals surface area (Å²) in [6.45, 7) is 5.10. The Morgan fingerprint density at radius 3 is 2.52 bits per heavy atom. The number of rotatable bonds is 4. The second-order valence-corrected chi connectivity index (χ2v) is 5.67. The molecule has 0 atom stereocenters. The van der Waals surface area contributed by atoms with Crippen LogP contribution < -0.4 is 15.1 Å². The second kappa shape index (κ2) is 7.83. The van der Waals surface area contributed by atoms with Crippen LogP contribution in [0.4, 0.5) is 26.4 Å². The number of hydrogen-bond donors (Lipinski definition) is 1. The summed E-state index contributed by atoms with van der Waals surface area (Å²) in [7, 11) is 0. The van der Waals surface area contributed by atoms with Gasteiger partial charge >= 0.3 is 6.09 Å². The smallest absolute Gasteiger partial charge is 0.412 e. The Balaban J connectivity index is 1.58. The number of hydrogen-bond acceptors (Lipinski definition) is 5. The molecule has 1 aromatic carbocycles. The van der Waals surface area contributed by atoms with Gasteiger partial charge in [0.2, 0.25) is 0 Å². The van der Waals surface area contributed by atoms with Crippen molar-refractivity contribution >= 4 is 23.3 Å². The van der Waals surface area contributed by atoms with Gasteiger partial charge < -0.3 is 14.5 Å². The summed E-state index contributed by atoms with van der Waals surface area (Å²) in [6.07, 6.45) is 1.21. The first kappa shape index (κ1) is 17.0. The monoisotopic (exact) mass is 344 g/mol. The van der Waals surface area contributed by atoms with Crippen molar-refractivity contribution in [3.63, 3.8) is 0 Å². The number of nitrogens with zero attached hydrogens (tertiary/aromatic N) is 3. The molecular formula is C18H21FN4O2. The van der Waals surface area contributed by atoms with E-state index in [1.807, 2.05) is 18.2 Å². The van der Waals surface area contributed by atoms with Crippen LogP contribution in [0, 0.1) is 5.82 Å². The van der Waals surface area contributed by atoms with Crippen molar-refractivity contribution in [1.82, 2.24) is 4.98 Å². The van der Waals surface area contributed by atoms with E-state index in [0.717, 1.165) is 31.9 Å². The molecule has 1 amide bonds. The van der Waals surface area contributed by atoms with Crippen LogP contribution in [0.1, 0.15) is 6.92 Å². The highest BCUT2D eigenvalue weighted by atomic mass is 19.1. The lowest BCUT2D eigenvalue weighted by atomic mass is 10.2. The summed E-state index contributed by atoms with van der Waals surface area (Å²) < 4.78 is 18.7. The highest BCUT2D eigenvalue weighted by Crippen LogP contribution is 2.23. The van der Waals surface area contributed by atoms with Gasteiger partial charge in [0.05, 0.1) is 24.2 Å². The van der Waals surface area contributed by atoms with Crippen molar-refractivity contribution in [2.45, 2.75) is 6.92 Å². The molecule has 7 heteroatoms. The summed E-state index contributed by atoms with van der Waals surface area (Å²) >= 11 is 0. The van der Waals surface area contributed by atoms with E-state index in [2.05, 4.69) is 20.1 Å². The van der Waals surface area contributed by atoms with Gasteiger partial charge in [-0.3, -0.25) is 5.32 Å². The summed E-state index contributed by atoms with van der Waals surface area (Å²) in [5.41, 5.74) is 1.62. The number of amides is 1. The summed E-state index contributed by atoms with van der Waals surface area (Å²) in [5.74, 6) is 0.263. The standard InChI is InChI=1S/C18H21FN4O2/c1-2-25-18(24)21-17-8-7-14(13-20-17)22-9-11-23(12-10-22)16-6-4-3-5-15(16)19/h3-8,13H,2,9-12H2,1H3,(H,20,21,24). The number of halogens is 1. The maximum Gasteiger partial charge on any atom is 0.412 e. The van der Waals surface area contributed by atoms with Crippen molar-refractivity contribution in [2.24, 2.45) is 0 Å². The average molecular weight is 344 g/mol. The van der Waals surface area contributed by atoms with Crippen molar-refractivity contribution in [2.75, 3.05) is 47.9 Å². The summed E-state index contributed by atoms with van der Waals surface area (Å²) in [4.78, 5) is 19.9. The molecule has 6 nitrogen and oxygen atoms in total. The minimum atomic E-state index is -0.513. The first-order valence-corrected chi connectivity index (χ1v) is 8.31. The van der Waals surface area contributed by atoms with Gasteiger partial charge in [-0.1, -0.05) is 12.1 Å². The molecule has 0 bridgehead atoms. The van der Waals surface area contributed by atoms with Crippen LogP contribution in [-0.2, 0) is 4.74 Å². The maximum atomic E-state index is 13.9. The molecule has 1 fully saturated rings. The number of ether oxygens (including phenoxy) is 1. The molecule has 0 aliphatic carbocycles. The molecule has 1 aliphatic heterocycles. The largest absolute Gasteiger partial charge is 0.450 e. The van der Waals surface area contributed by atoms with Crippen molar-refractivity contribution in [3.8, 4) is 0 Å². The fraction of sp³-hybridized carbons (Fsp3) is 0.333. The molecule has 132 valence electrons. The summed E-state index contributed by atoms with van der Waals surface area (Å²) in [6, 6.07) is 10.5. The second-order valence-electron chi connectivity index (χ2n) is 5.67. The van der Waals surface area contributed by atoms with Crippen LogP contribution in [-0.4, -0.2) is 43.9 Å². The lowest BCUT2D eigenvalue weighted by Crippen LogP contribution is -2.46. The Bertz CT molecular complexity index is 715. The Morgan fingerprint density at radius 1 is 1.16 bits per heavy atom. The highest BCUT2D eigenvalue weighted by Gasteiger charge is 2.19. The van der Waals surface area contributed by atoms with Crippen molar-refractivity contribution in [1.29, 1.82) is 0 Å². The van der Waals surface area contributed by atoms with E-state index in [9.17, 15) is 9.18 Å². The zero-order valence-corrected chi connectivity index (χ0v) is 14.1. The van der Waals surface area contributed by atoms with Crippen LogP contribution in [0.5, 0.6) is 0 Å². The van der Waals surface area contributed by atoms with Gasteiger partial charge in [0.25, 0.3) is 0 Å². The molecule has 0 saturated carbocycles. The fourth-order valence-corrected chi connectivity index (χ4v) is 2.83.